The highest BCUT2D eigenvalue weighted by Gasteiger charge is 2.39. The molecule has 2 fully saturated rings. The quantitative estimate of drug-likeness (QED) is 0.692. The van der Waals surface area contributed by atoms with Gasteiger partial charge in [-0.3, -0.25) is 0 Å². The minimum absolute atomic E-state index is 0.0243. The molecule has 2 aliphatic rings. The van der Waals surface area contributed by atoms with E-state index >= 15 is 0 Å². The number of carbonyl (C=O) groups is 1. The largest absolute Gasteiger partial charge is 0.338 e. The molecule has 0 saturated heterocycles. The van der Waals surface area contributed by atoms with Crippen molar-refractivity contribution in [1.29, 1.82) is 0 Å². The highest BCUT2D eigenvalue weighted by molar-refractivity contribution is 5.73. The molecule has 2 N–H and O–H groups in total. The summed E-state index contributed by atoms with van der Waals surface area (Å²) in [5.74, 6) is 2.64. The van der Waals surface area contributed by atoms with Crippen LogP contribution in [0.5, 0.6) is 0 Å². The number of carbonyl (C=O) groups excluding carboxylic acids is 1. The standard InChI is InChI=1S/C13H24N2O/c1-2-3-6-14-13(16)15-9-12-8-10-4-5-11(12)7-10/h10-12H,2-9H2,1H3,(H2,14,15,16). The number of nitrogens with one attached hydrogen (secondary N) is 2. The van der Waals surface area contributed by atoms with Crippen LogP contribution < -0.4 is 10.6 Å². The number of urea groups is 1. The van der Waals surface area contributed by atoms with Crippen molar-refractivity contribution < 1.29 is 4.79 Å². The Morgan fingerprint density at radius 2 is 2.12 bits per heavy atom. The molecule has 3 nitrogen and oxygen atoms in total. The summed E-state index contributed by atoms with van der Waals surface area (Å²) >= 11 is 0. The molecule has 0 aliphatic heterocycles. The molecule has 3 atom stereocenters. The van der Waals surface area contributed by atoms with Gasteiger partial charge in [-0.1, -0.05) is 19.8 Å². The van der Waals surface area contributed by atoms with Crippen LogP contribution in [0.15, 0.2) is 0 Å². The van der Waals surface area contributed by atoms with Gasteiger partial charge in [0.2, 0.25) is 0 Å². The van der Waals surface area contributed by atoms with Crippen LogP contribution in [-0.4, -0.2) is 19.1 Å². The van der Waals surface area contributed by atoms with Crippen molar-refractivity contribution in [3.05, 3.63) is 0 Å². The van der Waals surface area contributed by atoms with Crippen LogP contribution in [0.4, 0.5) is 4.79 Å². The number of rotatable bonds is 5. The van der Waals surface area contributed by atoms with Crippen molar-refractivity contribution in [3.63, 3.8) is 0 Å². The fourth-order valence-electron chi connectivity index (χ4n) is 3.29. The fraction of sp³-hybridized carbons (Fsp3) is 0.923. The highest BCUT2D eigenvalue weighted by atomic mass is 16.2. The molecule has 0 aromatic heterocycles. The highest BCUT2D eigenvalue weighted by Crippen LogP contribution is 2.47. The summed E-state index contributed by atoms with van der Waals surface area (Å²) < 4.78 is 0. The van der Waals surface area contributed by atoms with Gasteiger partial charge >= 0.3 is 6.03 Å². The van der Waals surface area contributed by atoms with Crippen LogP contribution in [0.3, 0.4) is 0 Å². The molecule has 0 heterocycles. The van der Waals surface area contributed by atoms with Crippen LogP contribution in [-0.2, 0) is 0 Å². The van der Waals surface area contributed by atoms with Gasteiger partial charge in [0, 0.05) is 13.1 Å². The van der Waals surface area contributed by atoms with Crippen LogP contribution >= 0.6 is 0 Å². The Labute approximate surface area is 98.4 Å². The summed E-state index contributed by atoms with van der Waals surface area (Å²) in [7, 11) is 0. The molecule has 92 valence electrons. The molecular weight excluding hydrogens is 200 g/mol. The Morgan fingerprint density at radius 1 is 1.25 bits per heavy atom. The molecule has 2 rings (SSSR count). The second-order valence-corrected chi connectivity index (χ2v) is 5.43. The van der Waals surface area contributed by atoms with Crippen LogP contribution in [0.1, 0.15) is 45.4 Å². The van der Waals surface area contributed by atoms with E-state index in [1.165, 1.54) is 25.7 Å². The molecule has 2 saturated carbocycles. The SMILES string of the molecule is CCCCNC(=O)NCC1CC2CCC1C2. The molecule has 0 aromatic carbocycles. The number of fused-ring (bicyclic) bond motifs is 2. The van der Waals surface area contributed by atoms with Crippen molar-refractivity contribution in [2.45, 2.75) is 45.4 Å². The third-order valence-corrected chi connectivity index (χ3v) is 4.23. The predicted molar refractivity (Wildman–Crippen MR) is 65.2 cm³/mol. The number of unbranched alkanes of at least 4 members (excludes halogenated alkanes) is 1. The van der Waals surface area contributed by atoms with Gasteiger partial charge in [0.1, 0.15) is 0 Å². The van der Waals surface area contributed by atoms with Gasteiger partial charge < -0.3 is 10.6 Å². The van der Waals surface area contributed by atoms with Gasteiger partial charge in [0.25, 0.3) is 0 Å². The normalized spacial score (nSPS) is 31.7. The van der Waals surface area contributed by atoms with Crippen molar-refractivity contribution in [3.8, 4) is 0 Å². The minimum atomic E-state index is 0.0243. The maximum absolute atomic E-state index is 11.5. The monoisotopic (exact) mass is 224 g/mol. The average molecular weight is 224 g/mol. The van der Waals surface area contributed by atoms with Crippen molar-refractivity contribution in [2.75, 3.05) is 13.1 Å². The van der Waals surface area contributed by atoms with E-state index in [1.807, 2.05) is 0 Å². The van der Waals surface area contributed by atoms with Crippen molar-refractivity contribution >= 4 is 6.03 Å². The first-order valence-electron chi connectivity index (χ1n) is 6.81. The molecular formula is C13H24N2O. The molecule has 16 heavy (non-hydrogen) atoms. The Hall–Kier alpha value is -0.730. The second kappa shape index (κ2) is 5.55. The van der Waals surface area contributed by atoms with Crippen LogP contribution in [0.2, 0.25) is 0 Å². The van der Waals surface area contributed by atoms with Gasteiger partial charge in [0.05, 0.1) is 0 Å². The van der Waals surface area contributed by atoms with Crippen LogP contribution in [0, 0.1) is 17.8 Å². The summed E-state index contributed by atoms with van der Waals surface area (Å²) in [6.45, 7) is 3.83. The number of amides is 2. The first kappa shape index (κ1) is 11.7. The van der Waals surface area contributed by atoms with Gasteiger partial charge in [-0.2, -0.15) is 0 Å². The lowest BCUT2D eigenvalue weighted by Crippen LogP contribution is -2.39. The first-order chi connectivity index (χ1) is 7.79. The van der Waals surface area contributed by atoms with E-state index in [-0.39, 0.29) is 6.03 Å². The van der Waals surface area contributed by atoms with Gasteiger partial charge in [-0.05, 0) is 43.4 Å². The third kappa shape index (κ3) is 2.89. The summed E-state index contributed by atoms with van der Waals surface area (Å²) in [5.41, 5.74) is 0. The van der Waals surface area contributed by atoms with Crippen molar-refractivity contribution in [1.82, 2.24) is 10.6 Å². The predicted octanol–water partition coefficient (Wildman–Crippen LogP) is 2.52. The van der Waals surface area contributed by atoms with E-state index in [9.17, 15) is 4.79 Å². The van der Waals surface area contributed by atoms with E-state index in [0.717, 1.165) is 43.7 Å². The summed E-state index contributed by atoms with van der Waals surface area (Å²) in [6.07, 6.45) is 7.80. The average Bonchev–Trinajstić information content (AvgIpc) is 2.88. The zero-order chi connectivity index (χ0) is 11.4. The lowest BCUT2D eigenvalue weighted by molar-refractivity contribution is 0.234. The molecule has 0 spiro atoms. The Balaban J connectivity index is 1.59. The van der Waals surface area contributed by atoms with E-state index < -0.39 is 0 Å². The first-order valence-corrected chi connectivity index (χ1v) is 6.81. The number of hydrogen-bond donors (Lipinski definition) is 2. The van der Waals surface area contributed by atoms with Crippen molar-refractivity contribution in [2.24, 2.45) is 17.8 Å². The summed E-state index contributed by atoms with van der Waals surface area (Å²) in [5, 5.41) is 5.92. The second-order valence-electron chi connectivity index (χ2n) is 5.43. The Bertz CT molecular complexity index is 242. The van der Waals surface area contributed by atoms with Gasteiger partial charge in [0.15, 0.2) is 0 Å². The molecule has 2 aliphatic carbocycles. The lowest BCUT2D eigenvalue weighted by Gasteiger charge is -2.21. The molecule has 2 amide bonds. The third-order valence-electron chi connectivity index (χ3n) is 4.23. The zero-order valence-corrected chi connectivity index (χ0v) is 10.3. The van der Waals surface area contributed by atoms with E-state index in [2.05, 4.69) is 17.6 Å². The molecule has 0 aromatic rings. The smallest absolute Gasteiger partial charge is 0.314 e. The molecule has 3 heteroatoms. The van der Waals surface area contributed by atoms with E-state index in [4.69, 9.17) is 0 Å². The van der Waals surface area contributed by atoms with E-state index in [0.29, 0.717) is 0 Å². The summed E-state index contributed by atoms with van der Waals surface area (Å²) in [4.78, 5) is 11.5. The van der Waals surface area contributed by atoms with Gasteiger partial charge in [-0.25, -0.2) is 4.79 Å². The maximum Gasteiger partial charge on any atom is 0.314 e. The zero-order valence-electron chi connectivity index (χ0n) is 10.3. The Morgan fingerprint density at radius 3 is 2.75 bits per heavy atom. The van der Waals surface area contributed by atoms with E-state index in [1.54, 1.807) is 0 Å². The molecule has 0 radical (unpaired) electrons. The Kier molecular flexibility index (Phi) is 4.08. The number of hydrogen-bond acceptors (Lipinski definition) is 1. The topological polar surface area (TPSA) is 41.1 Å². The molecule has 3 unspecified atom stereocenters. The van der Waals surface area contributed by atoms with Gasteiger partial charge in [-0.15, -0.1) is 0 Å². The molecule has 2 bridgehead atoms. The van der Waals surface area contributed by atoms with Crippen LogP contribution in [0.25, 0.3) is 0 Å². The minimum Gasteiger partial charge on any atom is -0.338 e. The maximum atomic E-state index is 11.5. The summed E-state index contributed by atoms with van der Waals surface area (Å²) in [6, 6.07) is 0.0243. The fourth-order valence-corrected chi connectivity index (χ4v) is 3.29. The lowest BCUT2D eigenvalue weighted by atomic mass is 9.89.